The third kappa shape index (κ3) is 6.98. The molecule has 0 aromatic heterocycles. The van der Waals surface area contributed by atoms with Crippen molar-refractivity contribution in [2.24, 2.45) is 0 Å². The topological polar surface area (TPSA) is 33.7 Å². The Hall–Kier alpha value is -0.970. The molecule has 0 radical (unpaired) electrons. The smallest absolute Gasteiger partial charge is 0.180 e. The van der Waals surface area contributed by atoms with E-state index < -0.39 is 0 Å². The summed E-state index contributed by atoms with van der Waals surface area (Å²) in [6.07, 6.45) is 0.0600. The van der Waals surface area contributed by atoms with Crippen LogP contribution in [0.3, 0.4) is 0 Å². The summed E-state index contributed by atoms with van der Waals surface area (Å²) >= 11 is 6.38. The van der Waals surface area contributed by atoms with E-state index in [1.54, 1.807) is 0 Å². The highest BCUT2D eigenvalue weighted by Gasteiger charge is 2.14. The number of hydrogen-bond donors (Lipinski definition) is 1. The molecule has 0 unspecified atom stereocenters. The fraction of sp³-hybridized carbons (Fsp3) is 0.667. The van der Waals surface area contributed by atoms with Crippen LogP contribution in [-0.4, -0.2) is 43.8 Å². The Labute approximate surface area is 146 Å². The predicted molar refractivity (Wildman–Crippen MR) is 97.9 cm³/mol. The number of nitrogens with one attached hydrogen (secondary N) is 1. The largest absolute Gasteiger partial charge is 0.490 e. The van der Waals surface area contributed by atoms with Crippen molar-refractivity contribution in [2.45, 2.75) is 47.3 Å². The second-order valence-corrected chi connectivity index (χ2v) is 6.12. The maximum absolute atomic E-state index is 6.38. The van der Waals surface area contributed by atoms with E-state index in [-0.39, 0.29) is 6.10 Å². The Morgan fingerprint density at radius 1 is 1.17 bits per heavy atom. The zero-order valence-electron chi connectivity index (χ0n) is 15.1. The lowest BCUT2D eigenvalue weighted by Crippen LogP contribution is -2.31. The van der Waals surface area contributed by atoms with Crippen LogP contribution in [0.2, 0.25) is 5.02 Å². The van der Waals surface area contributed by atoms with Gasteiger partial charge >= 0.3 is 0 Å². The molecule has 0 amide bonds. The SMILES string of the molecule is CCOc1cc(CNCCN(CC)CC)cc(Cl)c1OC(C)C. The summed E-state index contributed by atoms with van der Waals surface area (Å²) in [5, 5.41) is 4.06. The van der Waals surface area contributed by atoms with Gasteiger partial charge in [0, 0.05) is 19.6 Å². The molecule has 0 aliphatic heterocycles. The van der Waals surface area contributed by atoms with Gasteiger partial charge in [0.05, 0.1) is 17.7 Å². The van der Waals surface area contributed by atoms with Crippen LogP contribution in [0.5, 0.6) is 11.5 Å². The average Bonchev–Trinajstić information content (AvgIpc) is 2.51. The van der Waals surface area contributed by atoms with Gasteiger partial charge < -0.3 is 19.7 Å². The van der Waals surface area contributed by atoms with E-state index in [4.69, 9.17) is 21.1 Å². The van der Waals surface area contributed by atoms with Crippen LogP contribution in [0.25, 0.3) is 0 Å². The summed E-state index contributed by atoms with van der Waals surface area (Å²) in [6, 6.07) is 3.96. The molecule has 0 aliphatic carbocycles. The molecule has 23 heavy (non-hydrogen) atoms. The Bertz CT molecular complexity index is 463. The molecule has 1 aromatic rings. The van der Waals surface area contributed by atoms with Crippen LogP contribution in [-0.2, 0) is 6.54 Å². The number of likely N-dealkylation sites (N-methyl/N-ethyl adjacent to an activating group) is 1. The van der Waals surface area contributed by atoms with Gasteiger partial charge in [0.2, 0.25) is 0 Å². The molecule has 0 bridgehead atoms. The first-order valence-electron chi connectivity index (χ1n) is 8.56. The van der Waals surface area contributed by atoms with Crippen molar-refractivity contribution in [3.8, 4) is 11.5 Å². The van der Waals surface area contributed by atoms with Crippen molar-refractivity contribution < 1.29 is 9.47 Å². The van der Waals surface area contributed by atoms with Gasteiger partial charge in [-0.25, -0.2) is 0 Å². The number of ether oxygens (including phenoxy) is 2. The highest BCUT2D eigenvalue weighted by molar-refractivity contribution is 6.32. The quantitative estimate of drug-likeness (QED) is 0.617. The van der Waals surface area contributed by atoms with Crippen LogP contribution in [0.15, 0.2) is 12.1 Å². The van der Waals surface area contributed by atoms with Gasteiger partial charge in [-0.3, -0.25) is 0 Å². The summed E-state index contributed by atoms with van der Waals surface area (Å²) < 4.78 is 11.5. The molecule has 1 aromatic carbocycles. The average molecular weight is 343 g/mol. The Morgan fingerprint density at radius 3 is 2.43 bits per heavy atom. The molecule has 4 nitrogen and oxygen atoms in total. The highest BCUT2D eigenvalue weighted by atomic mass is 35.5. The van der Waals surface area contributed by atoms with Gasteiger partial charge in [0.1, 0.15) is 0 Å². The van der Waals surface area contributed by atoms with Crippen LogP contribution >= 0.6 is 11.6 Å². The first-order chi connectivity index (χ1) is 11.0. The maximum Gasteiger partial charge on any atom is 0.180 e. The summed E-state index contributed by atoms with van der Waals surface area (Å²) in [4.78, 5) is 2.39. The maximum atomic E-state index is 6.38. The Morgan fingerprint density at radius 2 is 1.87 bits per heavy atom. The van der Waals surface area contributed by atoms with E-state index in [0.29, 0.717) is 23.1 Å². The van der Waals surface area contributed by atoms with Gasteiger partial charge in [-0.2, -0.15) is 0 Å². The van der Waals surface area contributed by atoms with Gasteiger partial charge in [-0.05, 0) is 51.6 Å². The van der Waals surface area contributed by atoms with E-state index in [9.17, 15) is 0 Å². The fourth-order valence-corrected chi connectivity index (χ4v) is 2.62. The number of rotatable bonds is 11. The van der Waals surface area contributed by atoms with Crippen molar-refractivity contribution in [3.05, 3.63) is 22.7 Å². The highest BCUT2D eigenvalue weighted by Crippen LogP contribution is 2.37. The first-order valence-corrected chi connectivity index (χ1v) is 8.94. The first kappa shape index (κ1) is 20.1. The molecule has 0 saturated carbocycles. The van der Waals surface area contributed by atoms with E-state index in [1.165, 1.54) is 0 Å². The lowest BCUT2D eigenvalue weighted by Gasteiger charge is -2.19. The molecule has 0 spiro atoms. The monoisotopic (exact) mass is 342 g/mol. The third-order valence-corrected chi connectivity index (χ3v) is 3.83. The Kier molecular flexibility index (Phi) is 9.37. The number of benzene rings is 1. The standard InChI is InChI=1S/C18H31ClN2O2/c1-6-21(7-2)10-9-20-13-15-11-16(19)18(23-14(4)5)17(12-15)22-8-3/h11-12,14,20H,6-10,13H2,1-5H3. The number of hydrogen-bond acceptors (Lipinski definition) is 4. The zero-order valence-corrected chi connectivity index (χ0v) is 15.9. The van der Waals surface area contributed by atoms with Crippen LogP contribution < -0.4 is 14.8 Å². The molecular weight excluding hydrogens is 312 g/mol. The molecule has 0 aliphatic rings. The van der Waals surface area contributed by atoms with Crippen molar-refractivity contribution in [2.75, 3.05) is 32.8 Å². The van der Waals surface area contributed by atoms with Gasteiger partial charge in [0.15, 0.2) is 11.5 Å². The second-order valence-electron chi connectivity index (χ2n) is 5.71. The predicted octanol–water partition coefficient (Wildman–Crippen LogP) is 3.96. The Balaban J connectivity index is 2.69. The molecule has 0 atom stereocenters. The van der Waals surface area contributed by atoms with Crippen LogP contribution in [0.4, 0.5) is 0 Å². The lowest BCUT2D eigenvalue weighted by atomic mass is 10.2. The van der Waals surface area contributed by atoms with Gasteiger partial charge in [0.25, 0.3) is 0 Å². The van der Waals surface area contributed by atoms with Crippen LogP contribution in [0.1, 0.15) is 40.2 Å². The number of halogens is 1. The number of nitrogens with zero attached hydrogens (tertiary/aromatic N) is 1. The third-order valence-electron chi connectivity index (χ3n) is 3.55. The summed E-state index contributed by atoms with van der Waals surface area (Å²) in [5.41, 5.74) is 1.11. The molecule has 1 N–H and O–H groups in total. The molecular formula is C18H31ClN2O2. The van der Waals surface area contributed by atoms with Crippen LogP contribution in [0, 0.1) is 0 Å². The van der Waals surface area contributed by atoms with Gasteiger partial charge in [-0.15, -0.1) is 0 Å². The molecule has 0 saturated heterocycles. The zero-order chi connectivity index (χ0) is 17.2. The van der Waals surface area contributed by atoms with Crippen molar-refractivity contribution in [1.29, 1.82) is 0 Å². The van der Waals surface area contributed by atoms with E-state index in [0.717, 1.165) is 38.3 Å². The fourth-order valence-electron chi connectivity index (χ4n) is 2.35. The minimum absolute atomic E-state index is 0.0600. The van der Waals surface area contributed by atoms with Crippen molar-refractivity contribution >= 4 is 11.6 Å². The summed E-state index contributed by atoms with van der Waals surface area (Å²) in [7, 11) is 0. The molecule has 132 valence electrons. The van der Waals surface area contributed by atoms with E-state index in [2.05, 4.69) is 24.1 Å². The van der Waals surface area contributed by atoms with Crippen molar-refractivity contribution in [1.82, 2.24) is 10.2 Å². The van der Waals surface area contributed by atoms with Gasteiger partial charge in [-0.1, -0.05) is 25.4 Å². The minimum Gasteiger partial charge on any atom is -0.490 e. The normalized spacial score (nSPS) is 11.3. The molecule has 0 fully saturated rings. The second kappa shape index (κ2) is 10.7. The van der Waals surface area contributed by atoms with E-state index >= 15 is 0 Å². The lowest BCUT2D eigenvalue weighted by molar-refractivity contribution is 0.224. The van der Waals surface area contributed by atoms with Crippen molar-refractivity contribution in [3.63, 3.8) is 0 Å². The summed E-state index contributed by atoms with van der Waals surface area (Å²) in [5.74, 6) is 1.35. The summed E-state index contributed by atoms with van der Waals surface area (Å²) in [6.45, 7) is 15.8. The van der Waals surface area contributed by atoms with E-state index in [1.807, 2.05) is 32.9 Å². The molecule has 0 heterocycles. The minimum atomic E-state index is 0.0600. The molecule has 1 rings (SSSR count). The molecule has 5 heteroatoms.